The molecule has 1 aromatic heterocycles. The number of para-hydroxylation sites is 2. The molecule has 6 heteroatoms. The first-order valence-corrected chi connectivity index (χ1v) is 9.14. The highest BCUT2D eigenvalue weighted by Crippen LogP contribution is 2.25. The van der Waals surface area contributed by atoms with Gasteiger partial charge in [0.1, 0.15) is 6.54 Å². The maximum Gasteiger partial charge on any atom is 0.420 e. The lowest BCUT2D eigenvalue weighted by molar-refractivity contribution is -0.121. The van der Waals surface area contributed by atoms with Gasteiger partial charge in [-0.2, -0.15) is 0 Å². The van der Waals surface area contributed by atoms with Gasteiger partial charge >= 0.3 is 5.76 Å². The minimum atomic E-state index is -0.691. The van der Waals surface area contributed by atoms with E-state index < -0.39 is 11.9 Å². The average molecular weight is 376 g/mol. The molecule has 4 aromatic rings. The summed E-state index contributed by atoms with van der Waals surface area (Å²) in [6.45, 7) is 0.175. The Morgan fingerprint density at radius 2 is 1.79 bits per heavy atom. The van der Waals surface area contributed by atoms with Crippen molar-refractivity contribution in [3.8, 4) is 0 Å². The number of rotatable bonds is 6. The van der Waals surface area contributed by atoms with Crippen molar-refractivity contribution in [2.45, 2.75) is 19.1 Å². The van der Waals surface area contributed by atoms with Gasteiger partial charge in [0.15, 0.2) is 5.58 Å². The maximum absolute atomic E-state index is 12.2. The van der Waals surface area contributed by atoms with E-state index in [0.717, 1.165) is 16.3 Å². The molecule has 1 unspecified atom stereocenters. The molecule has 28 heavy (non-hydrogen) atoms. The van der Waals surface area contributed by atoms with Crippen molar-refractivity contribution in [2.24, 2.45) is 0 Å². The third-order valence-corrected chi connectivity index (χ3v) is 4.80. The standard InChI is InChI=1S/C22H20N2O4/c25-19(17-9-5-7-15-6-1-2-8-16(15)17)12-13-23-21(26)14-24-18-10-3-4-11-20(18)28-22(24)27/h1-11,19,25H,12-14H2,(H,23,26). The lowest BCUT2D eigenvalue weighted by atomic mass is 9.99. The number of benzene rings is 3. The second kappa shape index (κ2) is 7.70. The molecule has 4 rings (SSSR count). The summed E-state index contributed by atoms with van der Waals surface area (Å²) in [5.41, 5.74) is 1.87. The number of oxazole rings is 1. The van der Waals surface area contributed by atoms with Gasteiger partial charge in [-0.25, -0.2) is 4.79 Å². The average Bonchev–Trinajstić information content (AvgIpc) is 3.02. The van der Waals surface area contributed by atoms with Crippen LogP contribution in [0.2, 0.25) is 0 Å². The summed E-state index contributed by atoms with van der Waals surface area (Å²) in [6.07, 6.45) is -0.315. The van der Waals surface area contributed by atoms with Crippen LogP contribution in [0.25, 0.3) is 21.9 Å². The van der Waals surface area contributed by atoms with Crippen molar-refractivity contribution in [3.05, 3.63) is 82.8 Å². The molecule has 0 spiro atoms. The lowest BCUT2D eigenvalue weighted by Gasteiger charge is -2.14. The van der Waals surface area contributed by atoms with E-state index >= 15 is 0 Å². The van der Waals surface area contributed by atoms with Gasteiger partial charge in [-0.3, -0.25) is 9.36 Å². The zero-order valence-electron chi connectivity index (χ0n) is 15.2. The molecule has 0 aliphatic rings. The molecule has 0 aliphatic carbocycles. The van der Waals surface area contributed by atoms with Crippen molar-refractivity contribution in [2.75, 3.05) is 6.54 Å². The molecule has 1 atom stereocenters. The maximum atomic E-state index is 12.2. The second-order valence-electron chi connectivity index (χ2n) is 6.64. The van der Waals surface area contributed by atoms with Crippen LogP contribution in [0.3, 0.4) is 0 Å². The van der Waals surface area contributed by atoms with Crippen molar-refractivity contribution in [3.63, 3.8) is 0 Å². The minimum Gasteiger partial charge on any atom is -0.408 e. The number of hydrogen-bond donors (Lipinski definition) is 2. The molecule has 3 aromatic carbocycles. The van der Waals surface area contributed by atoms with Gasteiger partial charge < -0.3 is 14.8 Å². The van der Waals surface area contributed by atoms with Gasteiger partial charge in [-0.1, -0.05) is 54.6 Å². The van der Waals surface area contributed by atoms with Crippen LogP contribution in [0, 0.1) is 0 Å². The van der Waals surface area contributed by atoms with Gasteiger partial charge in [-0.15, -0.1) is 0 Å². The number of nitrogens with one attached hydrogen (secondary N) is 1. The van der Waals surface area contributed by atoms with Gasteiger partial charge in [0, 0.05) is 6.54 Å². The van der Waals surface area contributed by atoms with Gasteiger partial charge in [0.05, 0.1) is 11.6 Å². The number of amides is 1. The molecule has 1 amide bonds. The monoisotopic (exact) mass is 376 g/mol. The van der Waals surface area contributed by atoms with E-state index in [1.54, 1.807) is 24.3 Å². The molecule has 1 heterocycles. The number of aliphatic hydroxyl groups excluding tert-OH is 1. The number of carbonyl (C=O) groups is 1. The van der Waals surface area contributed by atoms with Crippen LogP contribution in [0.5, 0.6) is 0 Å². The highest BCUT2D eigenvalue weighted by atomic mass is 16.4. The summed E-state index contributed by atoms with van der Waals surface area (Å²) in [5.74, 6) is -0.870. The first kappa shape index (κ1) is 18.0. The second-order valence-corrected chi connectivity index (χ2v) is 6.64. The number of hydrogen-bond acceptors (Lipinski definition) is 4. The van der Waals surface area contributed by atoms with Gasteiger partial charge in [-0.05, 0) is 34.9 Å². The summed E-state index contributed by atoms with van der Waals surface area (Å²) in [7, 11) is 0. The number of aromatic nitrogens is 1. The number of carbonyl (C=O) groups excluding carboxylic acids is 1. The highest BCUT2D eigenvalue weighted by Gasteiger charge is 2.14. The number of nitrogens with zero attached hydrogens (tertiary/aromatic N) is 1. The molecule has 142 valence electrons. The molecular formula is C22H20N2O4. The van der Waals surface area contributed by atoms with E-state index in [1.165, 1.54) is 4.57 Å². The van der Waals surface area contributed by atoms with Crippen molar-refractivity contribution >= 4 is 27.8 Å². The van der Waals surface area contributed by atoms with Gasteiger partial charge in [0.2, 0.25) is 5.91 Å². The van der Waals surface area contributed by atoms with Gasteiger partial charge in [0.25, 0.3) is 0 Å². The number of fused-ring (bicyclic) bond motifs is 2. The zero-order valence-corrected chi connectivity index (χ0v) is 15.2. The SMILES string of the molecule is O=C(Cn1c(=O)oc2ccccc21)NCCC(O)c1cccc2ccccc12. The van der Waals surface area contributed by atoms with Crippen molar-refractivity contribution < 1.29 is 14.3 Å². The molecule has 0 saturated carbocycles. The topological polar surface area (TPSA) is 84.5 Å². The Morgan fingerprint density at radius 3 is 2.68 bits per heavy atom. The van der Waals surface area contributed by atoms with E-state index in [2.05, 4.69) is 5.32 Å². The highest BCUT2D eigenvalue weighted by molar-refractivity contribution is 5.86. The fraction of sp³-hybridized carbons (Fsp3) is 0.182. The molecule has 0 bridgehead atoms. The summed E-state index contributed by atoms with van der Waals surface area (Å²) >= 11 is 0. The van der Waals surface area contributed by atoms with Crippen LogP contribution in [-0.2, 0) is 11.3 Å². The van der Waals surface area contributed by atoms with Crippen LogP contribution in [0.15, 0.2) is 75.9 Å². The molecular weight excluding hydrogens is 356 g/mol. The summed E-state index contributed by atoms with van der Waals surface area (Å²) in [4.78, 5) is 24.2. The Hall–Kier alpha value is -3.38. The van der Waals surface area contributed by atoms with E-state index in [4.69, 9.17) is 4.42 Å². The molecule has 0 fully saturated rings. The first-order chi connectivity index (χ1) is 13.6. The summed E-state index contributed by atoms with van der Waals surface area (Å²) in [6, 6.07) is 20.7. The quantitative estimate of drug-likeness (QED) is 0.542. The van der Waals surface area contributed by atoms with Crippen LogP contribution in [0.1, 0.15) is 18.1 Å². The lowest BCUT2D eigenvalue weighted by Crippen LogP contribution is -2.32. The molecule has 6 nitrogen and oxygen atoms in total. The van der Waals surface area contributed by atoms with Crippen LogP contribution in [-0.4, -0.2) is 22.1 Å². The Labute approximate surface area is 161 Å². The normalized spacial score (nSPS) is 12.3. The minimum absolute atomic E-state index is 0.125. The molecule has 0 radical (unpaired) electrons. The Kier molecular flexibility index (Phi) is 4.95. The first-order valence-electron chi connectivity index (χ1n) is 9.14. The summed E-state index contributed by atoms with van der Waals surface area (Å²) < 4.78 is 6.43. The van der Waals surface area contributed by atoms with Crippen LogP contribution < -0.4 is 11.1 Å². The molecule has 0 saturated heterocycles. The van der Waals surface area contributed by atoms with Crippen molar-refractivity contribution in [1.82, 2.24) is 9.88 Å². The van der Waals surface area contributed by atoms with E-state index in [1.807, 2.05) is 42.5 Å². The fourth-order valence-corrected chi connectivity index (χ4v) is 3.41. The summed E-state index contributed by atoms with van der Waals surface area (Å²) in [5, 5.41) is 15.4. The Balaban J connectivity index is 1.39. The van der Waals surface area contributed by atoms with Crippen LogP contribution in [0.4, 0.5) is 0 Å². The Bertz CT molecular complexity index is 1190. The largest absolute Gasteiger partial charge is 0.420 e. The van der Waals surface area contributed by atoms with E-state index in [9.17, 15) is 14.7 Å². The third kappa shape index (κ3) is 3.54. The van der Waals surface area contributed by atoms with Crippen LogP contribution >= 0.6 is 0 Å². The van der Waals surface area contributed by atoms with Crippen molar-refractivity contribution in [1.29, 1.82) is 0 Å². The smallest absolute Gasteiger partial charge is 0.408 e. The zero-order chi connectivity index (χ0) is 19.5. The third-order valence-electron chi connectivity index (χ3n) is 4.80. The molecule has 2 N–H and O–H groups in total. The molecule has 0 aliphatic heterocycles. The van der Waals surface area contributed by atoms with E-state index in [-0.39, 0.29) is 12.5 Å². The Morgan fingerprint density at radius 1 is 1.04 bits per heavy atom. The predicted octanol–water partition coefficient (Wildman–Crippen LogP) is 2.99. The fourth-order valence-electron chi connectivity index (χ4n) is 3.41. The van der Waals surface area contributed by atoms with E-state index in [0.29, 0.717) is 24.1 Å². The predicted molar refractivity (Wildman–Crippen MR) is 107 cm³/mol. The number of aliphatic hydroxyl groups is 1.